The number of guanidine groups is 1. The van der Waals surface area contributed by atoms with Gasteiger partial charge in [0.15, 0.2) is 17.5 Å². The van der Waals surface area contributed by atoms with Gasteiger partial charge in [0.25, 0.3) is 0 Å². The minimum Gasteiger partial charge on any atom is -0.493 e. The molecule has 1 aromatic carbocycles. The molecule has 0 aliphatic heterocycles. The van der Waals surface area contributed by atoms with Crippen LogP contribution in [-0.4, -0.2) is 55.9 Å². The van der Waals surface area contributed by atoms with Crippen LogP contribution in [0.5, 0.6) is 11.5 Å². The summed E-state index contributed by atoms with van der Waals surface area (Å²) in [6.07, 6.45) is 2.77. The van der Waals surface area contributed by atoms with Crippen molar-refractivity contribution in [3.05, 3.63) is 23.3 Å². The first-order chi connectivity index (χ1) is 11.9. The van der Waals surface area contributed by atoms with Gasteiger partial charge in [-0.3, -0.25) is 4.99 Å². The van der Waals surface area contributed by atoms with E-state index >= 15 is 0 Å². The van der Waals surface area contributed by atoms with Gasteiger partial charge in [0.2, 0.25) is 0 Å². The number of ether oxygens (including phenoxy) is 2. The number of rotatable bonds is 7. The van der Waals surface area contributed by atoms with Crippen LogP contribution in [0.2, 0.25) is 0 Å². The fourth-order valence-corrected chi connectivity index (χ4v) is 2.96. The van der Waals surface area contributed by atoms with Gasteiger partial charge >= 0.3 is 0 Å². The topological polar surface area (TPSA) is 66.3 Å². The van der Waals surface area contributed by atoms with Gasteiger partial charge in [-0.15, -0.1) is 24.0 Å². The van der Waals surface area contributed by atoms with Crippen LogP contribution >= 0.6 is 24.0 Å². The van der Waals surface area contributed by atoms with Crippen molar-refractivity contribution in [3.8, 4) is 11.5 Å². The Bertz CT molecular complexity index is 618. The van der Waals surface area contributed by atoms with Crippen LogP contribution in [0.15, 0.2) is 17.1 Å². The third-order valence-electron chi connectivity index (χ3n) is 4.75. The van der Waals surface area contributed by atoms with E-state index in [1.54, 1.807) is 14.2 Å². The molecule has 1 fully saturated rings. The number of nitrogens with zero attached hydrogens (tertiary/aromatic N) is 2. The fraction of sp³-hybridized carbons (Fsp3) is 0.632. The number of benzene rings is 1. The second-order valence-corrected chi connectivity index (χ2v) is 6.74. The molecule has 0 bridgehead atoms. The predicted octanol–water partition coefficient (Wildman–Crippen LogP) is 2.94. The van der Waals surface area contributed by atoms with Gasteiger partial charge in [-0.2, -0.15) is 0 Å². The van der Waals surface area contributed by atoms with E-state index in [-0.39, 0.29) is 24.0 Å². The van der Waals surface area contributed by atoms with Gasteiger partial charge in [-0.25, -0.2) is 0 Å². The molecule has 0 heterocycles. The molecule has 0 saturated heterocycles. The third-order valence-corrected chi connectivity index (χ3v) is 4.75. The summed E-state index contributed by atoms with van der Waals surface area (Å²) >= 11 is 0. The summed E-state index contributed by atoms with van der Waals surface area (Å²) in [6.45, 7) is 6.03. The van der Waals surface area contributed by atoms with Crippen LogP contribution in [0.3, 0.4) is 0 Å². The van der Waals surface area contributed by atoms with E-state index in [9.17, 15) is 5.11 Å². The van der Waals surface area contributed by atoms with Crippen LogP contribution in [-0.2, 0) is 6.54 Å². The Hall–Kier alpha value is -1.22. The highest BCUT2D eigenvalue weighted by atomic mass is 127. The Morgan fingerprint density at radius 3 is 2.38 bits per heavy atom. The van der Waals surface area contributed by atoms with Crippen molar-refractivity contribution >= 4 is 29.9 Å². The molecule has 0 aromatic heterocycles. The lowest BCUT2D eigenvalue weighted by Crippen LogP contribution is -2.43. The zero-order valence-corrected chi connectivity index (χ0v) is 18.8. The number of halogens is 1. The van der Waals surface area contributed by atoms with E-state index in [1.807, 2.05) is 26.1 Å². The molecular weight excluding hydrogens is 445 g/mol. The van der Waals surface area contributed by atoms with Crippen molar-refractivity contribution in [2.24, 2.45) is 4.99 Å². The molecule has 148 valence electrons. The number of aliphatic imine (C=N–C) groups is 1. The van der Waals surface area contributed by atoms with Crippen molar-refractivity contribution in [2.45, 2.75) is 45.3 Å². The molecule has 2 N–H and O–H groups in total. The number of methoxy groups -OCH3 is 2. The average Bonchev–Trinajstić information content (AvgIpc) is 2.58. The first-order valence-corrected chi connectivity index (χ1v) is 8.85. The average molecular weight is 477 g/mol. The largest absolute Gasteiger partial charge is 0.493 e. The standard InChI is InChI=1S/C19H31N3O3.HI/c1-6-20-18(21-13-19(23)8-7-9-19)22(3)12-15-11-17(25-5)16(24-4)10-14(15)2;/h10-11,23H,6-9,12-13H2,1-5H3,(H,20,21);1H. The predicted molar refractivity (Wildman–Crippen MR) is 116 cm³/mol. The number of aryl methyl sites for hydroxylation is 1. The molecule has 2 rings (SSSR count). The Balaban J connectivity index is 0.00000338. The molecule has 1 aliphatic rings. The van der Waals surface area contributed by atoms with Crippen LogP contribution in [0, 0.1) is 6.92 Å². The van der Waals surface area contributed by atoms with Gasteiger partial charge in [-0.05, 0) is 56.4 Å². The maximum Gasteiger partial charge on any atom is 0.194 e. The summed E-state index contributed by atoms with van der Waals surface area (Å²) < 4.78 is 10.8. The monoisotopic (exact) mass is 477 g/mol. The molecule has 0 radical (unpaired) electrons. The maximum atomic E-state index is 10.3. The summed E-state index contributed by atoms with van der Waals surface area (Å²) in [5, 5.41) is 13.6. The summed E-state index contributed by atoms with van der Waals surface area (Å²) in [4.78, 5) is 6.70. The second-order valence-electron chi connectivity index (χ2n) is 6.74. The van der Waals surface area contributed by atoms with Gasteiger partial charge in [0, 0.05) is 20.1 Å². The fourth-order valence-electron chi connectivity index (χ4n) is 2.96. The minimum absolute atomic E-state index is 0. The van der Waals surface area contributed by atoms with Crippen molar-refractivity contribution < 1.29 is 14.6 Å². The Kier molecular flexibility index (Phi) is 8.95. The van der Waals surface area contributed by atoms with Crippen molar-refractivity contribution in [3.63, 3.8) is 0 Å². The van der Waals surface area contributed by atoms with Crippen molar-refractivity contribution in [2.75, 3.05) is 34.4 Å². The number of hydrogen-bond donors (Lipinski definition) is 2. The van der Waals surface area contributed by atoms with Gasteiger partial charge in [0.05, 0.1) is 26.4 Å². The molecule has 26 heavy (non-hydrogen) atoms. The molecule has 0 spiro atoms. The van der Waals surface area contributed by atoms with E-state index in [4.69, 9.17) is 9.47 Å². The molecular formula is C19H32IN3O3. The van der Waals surface area contributed by atoms with Crippen molar-refractivity contribution in [1.29, 1.82) is 0 Å². The number of nitrogens with one attached hydrogen (secondary N) is 1. The number of hydrogen-bond acceptors (Lipinski definition) is 4. The third kappa shape index (κ3) is 5.64. The van der Waals surface area contributed by atoms with Gasteiger partial charge in [-0.1, -0.05) is 0 Å². The zero-order chi connectivity index (χ0) is 18.4. The first kappa shape index (κ1) is 22.8. The lowest BCUT2D eigenvalue weighted by atomic mass is 9.80. The molecule has 1 aliphatic carbocycles. The summed E-state index contributed by atoms with van der Waals surface area (Å²) in [5.74, 6) is 2.26. The Morgan fingerprint density at radius 1 is 1.27 bits per heavy atom. The van der Waals surface area contributed by atoms with Crippen LogP contribution in [0.25, 0.3) is 0 Å². The molecule has 6 nitrogen and oxygen atoms in total. The second kappa shape index (κ2) is 10.2. The number of aliphatic hydroxyl groups is 1. The van der Waals surface area contributed by atoms with Crippen molar-refractivity contribution in [1.82, 2.24) is 10.2 Å². The highest BCUT2D eigenvalue weighted by Gasteiger charge is 2.34. The normalized spacial score (nSPS) is 15.5. The Morgan fingerprint density at radius 2 is 1.88 bits per heavy atom. The highest BCUT2D eigenvalue weighted by Crippen LogP contribution is 2.32. The zero-order valence-electron chi connectivity index (χ0n) is 16.5. The molecule has 0 amide bonds. The lowest BCUT2D eigenvalue weighted by molar-refractivity contribution is -0.0237. The molecule has 1 saturated carbocycles. The summed E-state index contributed by atoms with van der Waals surface area (Å²) in [6, 6.07) is 4.00. The summed E-state index contributed by atoms with van der Waals surface area (Å²) in [7, 11) is 5.29. The first-order valence-electron chi connectivity index (χ1n) is 8.85. The molecule has 0 unspecified atom stereocenters. The van der Waals surface area contributed by atoms with Crippen LogP contribution in [0.1, 0.15) is 37.3 Å². The molecule has 0 atom stereocenters. The quantitative estimate of drug-likeness (QED) is 0.359. The van der Waals surface area contributed by atoms with E-state index in [2.05, 4.69) is 22.1 Å². The van der Waals surface area contributed by atoms with E-state index in [1.165, 1.54) is 0 Å². The van der Waals surface area contributed by atoms with E-state index in [0.717, 1.165) is 54.4 Å². The smallest absolute Gasteiger partial charge is 0.194 e. The SMILES string of the molecule is CCNC(=NCC1(O)CCC1)N(C)Cc1cc(OC)c(OC)cc1C.I. The molecule has 7 heteroatoms. The van der Waals surface area contributed by atoms with Crippen LogP contribution in [0.4, 0.5) is 0 Å². The van der Waals surface area contributed by atoms with Crippen LogP contribution < -0.4 is 14.8 Å². The highest BCUT2D eigenvalue weighted by molar-refractivity contribution is 14.0. The van der Waals surface area contributed by atoms with Gasteiger partial charge in [0.1, 0.15) is 0 Å². The van der Waals surface area contributed by atoms with E-state index in [0.29, 0.717) is 13.1 Å². The summed E-state index contributed by atoms with van der Waals surface area (Å²) in [5.41, 5.74) is 1.67. The maximum absolute atomic E-state index is 10.3. The minimum atomic E-state index is -0.610. The van der Waals surface area contributed by atoms with Gasteiger partial charge < -0.3 is 24.8 Å². The Labute approximate surface area is 174 Å². The molecule has 1 aromatic rings. The van der Waals surface area contributed by atoms with E-state index < -0.39 is 5.60 Å². The lowest BCUT2D eigenvalue weighted by Gasteiger charge is -2.35.